The Balaban J connectivity index is 1.91. The number of aryl methyl sites for hydroxylation is 1. The number of likely N-dealkylation sites (N-methyl/N-ethyl adjacent to an activating group) is 1. The van der Waals surface area contributed by atoms with Crippen LogP contribution in [0.3, 0.4) is 0 Å². The molecule has 1 aromatic carbocycles. The number of nitrogens with one attached hydrogen (secondary N) is 1. The van der Waals surface area contributed by atoms with E-state index < -0.39 is 18.0 Å². The molecule has 2 aromatic rings. The Morgan fingerprint density at radius 3 is 2.54 bits per heavy atom. The molecule has 1 atom stereocenters. The second-order valence-electron chi connectivity index (χ2n) is 6.22. The number of pyridine rings is 1. The maximum atomic E-state index is 12.4. The number of aromatic nitrogens is 1. The summed E-state index contributed by atoms with van der Waals surface area (Å²) in [5, 5.41) is 3.25. The van der Waals surface area contributed by atoms with Crippen molar-refractivity contribution in [2.45, 2.75) is 25.0 Å². The predicted octanol–water partition coefficient (Wildman–Crippen LogP) is 2.75. The van der Waals surface area contributed by atoms with Gasteiger partial charge in [0.1, 0.15) is 5.03 Å². The van der Waals surface area contributed by atoms with E-state index in [0.717, 1.165) is 5.56 Å². The first-order valence-corrected chi connectivity index (χ1v) is 9.85. The molecule has 7 nitrogen and oxygen atoms in total. The normalized spacial score (nSPS) is 11.4. The Morgan fingerprint density at radius 2 is 1.89 bits per heavy atom. The minimum absolute atomic E-state index is 0.155. The molecule has 0 fully saturated rings. The predicted molar refractivity (Wildman–Crippen MR) is 108 cm³/mol. The summed E-state index contributed by atoms with van der Waals surface area (Å²) in [6.45, 7) is 3.27. The highest BCUT2D eigenvalue weighted by molar-refractivity contribution is 7.98. The minimum atomic E-state index is -1.03. The molecule has 0 aliphatic rings. The van der Waals surface area contributed by atoms with Gasteiger partial charge in [-0.2, -0.15) is 0 Å². The van der Waals surface area contributed by atoms with Crippen molar-refractivity contribution in [2.75, 3.05) is 25.2 Å². The van der Waals surface area contributed by atoms with Crippen LogP contribution in [0.4, 0.5) is 5.69 Å². The highest BCUT2D eigenvalue weighted by atomic mass is 32.2. The topological polar surface area (TPSA) is 88.6 Å². The number of hydrogen-bond donors (Lipinski definition) is 1. The van der Waals surface area contributed by atoms with E-state index in [9.17, 15) is 14.4 Å². The van der Waals surface area contributed by atoms with E-state index in [1.54, 1.807) is 36.7 Å². The maximum absolute atomic E-state index is 12.4. The molecule has 1 N–H and O–H groups in total. The quantitative estimate of drug-likeness (QED) is 0.567. The molecule has 1 heterocycles. The van der Waals surface area contributed by atoms with Crippen molar-refractivity contribution < 1.29 is 19.1 Å². The number of hydrogen-bond acceptors (Lipinski definition) is 6. The van der Waals surface area contributed by atoms with Gasteiger partial charge >= 0.3 is 5.97 Å². The lowest BCUT2D eigenvalue weighted by atomic mass is 10.2. The fourth-order valence-electron chi connectivity index (χ4n) is 2.42. The first kappa shape index (κ1) is 21.4. The van der Waals surface area contributed by atoms with Gasteiger partial charge in [0.2, 0.25) is 5.91 Å². The number of ether oxygens (including phenoxy) is 1. The molecule has 0 spiro atoms. The number of esters is 1. The van der Waals surface area contributed by atoms with Crippen molar-refractivity contribution in [1.29, 1.82) is 0 Å². The number of carbonyl (C=O) groups is 3. The first-order chi connectivity index (χ1) is 13.3. The zero-order chi connectivity index (χ0) is 20.7. The zero-order valence-corrected chi connectivity index (χ0v) is 17.1. The first-order valence-electron chi connectivity index (χ1n) is 8.63. The van der Waals surface area contributed by atoms with E-state index in [2.05, 4.69) is 10.3 Å². The van der Waals surface area contributed by atoms with Crippen LogP contribution in [-0.4, -0.2) is 53.6 Å². The van der Waals surface area contributed by atoms with Gasteiger partial charge in [-0.25, -0.2) is 9.78 Å². The fourth-order valence-corrected chi connectivity index (χ4v) is 2.96. The van der Waals surface area contributed by atoms with E-state index >= 15 is 0 Å². The van der Waals surface area contributed by atoms with Crippen LogP contribution in [0, 0.1) is 6.92 Å². The third-order valence-electron chi connectivity index (χ3n) is 3.91. The summed E-state index contributed by atoms with van der Waals surface area (Å²) in [4.78, 5) is 42.2. The Labute approximate surface area is 168 Å². The average molecular weight is 401 g/mol. The molecular formula is C20H23N3O4S. The molecular weight excluding hydrogens is 378 g/mol. The second kappa shape index (κ2) is 9.89. The monoisotopic (exact) mass is 401 g/mol. The smallest absolute Gasteiger partial charge is 0.341 e. The molecule has 28 heavy (non-hydrogen) atoms. The lowest BCUT2D eigenvalue weighted by molar-refractivity contribution is -0.140. The molecule has 1 aromatic heterocycles. The number of nitrogens with zero attached hydrogens (tertiary/aromatic N) is 2. The van der Waals surface area contributed by atoms with E-state index in [1.165, 1.54) is 30.6 Å². The third-order valence-corrected chi connectivity index (χ3v) is 4.62. The molecule has 0 unspecified atom stereocenters. The Hall–Kier alpha value is -2.87. The lowest BCUT2D eigenvalue weighted by Gasteiger charge is -2.21. The summed E-state index contributed by atoms with van der Waals surface area (Å²) in [6, 6.07) is 10.6. The van der Waals surface area contributed by atoms with Crippen LogP contribution in [0.5, 0.6) is 0 Å². The van der Waals surface area contributed by atoms with Crippen LogP contribution >= 0.6 is 11.8 Å². The summed E-state index contributed by atoms with van der Waals surface area (Å²) in [5.41, 5.74) is 2.03. The molecule has 148 valence electrons. The summed E-state index contributed by atoms with van der Waals surface area (Å²) >= 11 is 1.32. The molecule has 0 bridgehead atoms. The van der Waals surface area contributed by atoms with Crippen LogP contribution in [0.15, 0.2) is 47.6 Å². The molecule has 0 radical (unpaired) electrons. The van der Waals surface area contributed by atoms with E-state index in [0.29, 0.717) is 16.3 Å². The molecule has 8 heteroatoms. The van der Waals surface area contributed by atoms with Gasteiger partial charge in [-0.1, -0.05) is 17.7 Å². The number of rotatable bonds is 7. The van der Waals surface area contributed by atoms with Gasteiger partial charge in [-0.3, -0.25) is 9.59 Å². The Bertz CT molecular complexity index is 855. The van der Waals surface area contributed by atoms with Crippen molar-refractivity contribution >= 4 is 35.2 Å². The van der Waals surface area contributed by atoms with E-state index in [4.69, 9.17) is 4.74 Å². The van der Waals surface area contributed by atoms with E-state index in [1.807, 2.05) is 19.1 Å². The maximum Gasteiger partial charge on any atom is 0.341 e. The van der Waals surface area contributed by atoms with Crippen molar-refractivity contribution in [3.8, 4) is 0 Å². The number of benzene rings is 1. The highest BCUT2D eigenvalue weighted by Crippen LogP contribution is 2.18. The van der Waals surface area contributed by atoms with Crippen LogP contribution in [0.2, 0.25) is 0 Å². The van der Waals surface area contributed by atoms with Gasteiger partial charge in [0.05, 0.1) is 12.1 Å². The lowest BCUT2D eigenvalue weighted by Crippen LogP contribution is -2.41. The van der Waals surface area contributed by atoms with E-state index in [-0.39, 0.29) is 12.5 Å². The molecule has 0 aliphatic carbocycles. The van der Waals surface area contributed by atoms with Crippen molar-refractivity contribution in [1.82, 2.24) is 9.88 Å². The molecule has 0 saturated heterocycles. The van der Waals surface area contributed by atoms with Crippen molar-refractivity contribution in [2.24, 2.45) is 0 Å². The Morgan fingerprint density at radius 1 is 1.21 bits per heavy atom. The number of amides is 2. The molecule has 0 saturated carbocycles. The number of anilines is 1. The minimum Gasteiger partial charge on any atom is -0.449 e. The zero-order valence-electron chi connectivity index (χ0n) is 16.3. The van der Waals surface area contributed by atoms with Gasteiger partial charge in [0, 0.05) is 18.9 Å². The van der Waals surface area contributed by atoms with Crippen LogP contribution in [0.1, 0.15) is 22.8 Å². The van der Waals surface area contributed by atoms with Gasteiger partial charge in [-0.05, 0) is 44.4 Å². The van der Waals surface area contributed by atoms with Crippen LogP contribution in [-0.2, 0) is 14.3 Å². The Kier molecular flexibility index (Phi) is 7.57. The van der Waals surface area contributed by atoms with Gasteiger partial charge in [0.25, 0.3) is 5.91 Å². The highest BCUT2D eigenvalue weighted by Gasteiger charge is 2.24. The average Bonchev–Trinajstić information content (AvgIpc) is 2.68. The summed E-state index contributed by atoms with van der Waals surface area (Å²) in [5.74, 6) is -1.44. The van der Waals surface area contributed by atoms with Crippen molar-refractivity contribution in [3.05, 3.63) is 53.7 Å². The molecule has 2 rings (SSSR count). The van der Waals surface area contributed by atoms with Gasteiger partial charge in [0.15, 0.2) is 6.10 Å². The summed E-state index contributed by atoms with van der Waals surface area (Å²) in [7, 11) is 1.48. The largest absolute Gasteiger partial charge is 0.449 e. The summed E-state index contributed by atoms with van der Waals surface area (Å²) < 4.78 is 5.26. The van der Waals surface area contributed by atoms with Crippen LogP contribution in [0.25, 0.3) is 0 Å². The summed E-state index contributed by atoms with van der Waals surface area (Å²) in [6.07, 6.45) is 2.35. The van der Waals surface area contributed by atoms with Gasteiger partial charge < -0.3 is 15.0 Å². The van der Waals surface area contributed by atoms with Crippen molar-refractivity contribution in [3.63, 3.8) is 0 Å². The number of carbonyl (C=O) groups excluding carboxylic acids is 3. The standard InChI is InChI=1S/C20H23N3O4S/c1-13-7-9-15(10-8-13)22-17(24)12-23(3)19(25)14(2)27-20(26)16-6-5-11-21-18(16)28-4/h5-11,14H,12H2,1-4H3,(H,22,24)/t14-/m1/s1. The third kappa shape index (κ3) is 5.82. The molecule has 2 amide bonds. The number of thioether (sulfide) groups is 1. The molecule has 0 aliphatic heterocycles. The second-order valence-corrected chi connectivity index (χ2v) is 7.01. The fraction of sp³-hybridized carbons (Fsp3) is 0.300. The van der Waals surface area contributed by atoms with Crippen LogP contribution < -0.4 is 5.32 Å². The SMILES string of the molecule is CSc1ncccc1C(=O)O[C@H](C)C(=O)N(C)CC(=O)Nc1ccc(C)cc1. The van der Waals surface area contributed by atoms with Gasteiger partial charge in [-0.15, -0.1) is 11.8 Å².